The van der Waals surface area contributed by atoms with Gasteiger partial charge in [0.05, 0.1) is 6.04 Å². The van der Waals surface area contributed by atoms with E-state index in [9.17, 15) is 4.79 Å². The van der Waals surface area contributed by atoms with Gasteiger partial charge in [-0.2, -0.15) is 0 Å². The molecule has 6 heteroatoms. The Kier molecular flexibility index (Phi) is 4.76. The molecule has 152 valence electrons. The van der Waals surface area contributed by atoms with E-state index in [1.165, 1.54) is 11.1 Å². The zero-order chi connectivity index (χ0) is 20.0. The predicted molar refractivity (Wildman–Crippen MR) is 113 cm³/mol. The summed E-state index contributed by atoms with van der Waals surface area (Å²) < 4.78 is 0. The first-order valence-corrected chi connectivity index (χ1v) is 10.7. The molecular formula is C23H29N5O. The van der Waals surface area contributed by atoms with Crippen molar-refractivity contribution in [3.63, 3.8) is 0 Å². The monoisotopic (exact) mass is 391 g/mol. The molecule has 3 heterocycles. The number of hydrogen-bond acceptors (Lipinski definition) is 5. The van der Waals surface area contributed by atoms with Gasteiger partial charge in [-0.25, -0.2) is 10.4 Å². The number of fused-ring (bicyclic) bond motifs is 2. The van der Waals surface area contributed by atoms with Gasteiger partial charge >= 0.3 is 0 Å². The van der Waals surface area contributed by atoms with Crippen LogP contribution in [0.5, 0.6) is 0 Å². The highest BCUT2D eigenvalue weighted by Gasteiger charge is 2.48. The Morgan fingerprint density at radius 3 is 2.69 bits per heavy atom. The molecule has 1 amide bonds. The summed E-state index contributed by atoms with van der Waals surface area (Å²) in [6.45, 7) is 2.19. The molecule has 1 saturated carbocycles. The Morgan fingerprint density at radius 1 is 1.07 bits per heavy atom. The Labute approximate surface area is 171 Å². The predicted octanol–water partition coefficient (Wildman–Crippen LogP) is 2.52. The summed E-state index contributed by atoms with van der Waals surface area (Å²) in [5.41, 5.74) is 15.3. The minimum Gasteiger partial charge on any atom is -0.384 e. The van der Waals surface area contributed by atoms with Gasteiger partial charge in [0.25, 0.3) is 0 Å². The third-order valence-electron chi connectivity index (χ3n) is 7.34. The van der Waals surface area contributed by atoms with Crippen molar-refractivity contribution in [2.24, 2.45) is 17.8 Å². The molecule has 2 aromatic rings. The normalized spacial score (nSPS) is 34.7. The van der Waals surface area contributed by atoms with Crippen molar-refractivity contribution in [2.45, 2.75) is 50.2 Å². The second-order valence-corrected chi connectivity index (χ2v) is 8.94. The Balaban J connectivity index is 1.34. The molecule has 5 rings (SSSR count). The molecule has 7 atom stereocenters. The fourth-order valence-corrected chi connectivity index (χ4v) is 5.73. The molecule has 2 aliphatic heterocycles. The van der Waals surface area contributed by atoms with Crippen molar-refractivity contribution in [3.8, 4) is 0 Å². The summed E-state index contributed by atoms with van der Waals surface area (Å²) in [5.74, 6) is 2.03. The average Bonchev–Trinajstić information content (AvgIpc) is 3.14. The summed E-state index contributed by atoms with van der Waals surface area (Å²) in [6.07, 6.45) is 4.81. The maximum absolute atomic E-state index is 12.9. The van der Waals surface area contributed by atoms with Crippen molar-refractivity contribution in [2.75, 3.05) is 5.73 Å². The van der Waals surface area contributed by atoms with E-state index < -0.39 is 0 Å². The van der Waals surface area contributed by atoms with Crippen LogP contribution in [0.15, 0.2) is 48.7 Å². The molecule has 3 aliphatic rings. The summed E-state index contributed by atoms with van der Waals surface area (Å²) in [6, 6.07) is 15.3. The number of nitrogens with one attached hydrogen (secondary N) is 3. The zero-order valence-corrected chi connectivity index (χ0v) is 16.7. The quantitative estimate of drug-likeness (QED) is 0.645. The van der Waals surface area contributed by atoms with Gasteiger partial charge in [0.2, 0.25) is 5.91 Å². The zero-order valence-electron chi connectivity index (χ0n) is 16.7. The molecule has 29 heavy (non-hydrogen) atoms. The van der Waals surface area contributed by atoms with E-state index in [1.807, 2.05) is 18.2 Å². The molecule has 5 N–H and O–H groups in total. The molecule has 6 nitrogen and oxygen atoms in total. The lowest BCUT2D eigenvalue weighted by atomic mass is 9.66. The number of nitrogens with two attached hydrogens (primary N) is 1. The fourth-order valence-electron chi connectivity index (χ4n) is 5.73. The van der Waals surface area contributed by atoms with E-state index in [4.69, 9.17) is 5.73 Å². The molecule has 3 fully saturated rings. The third-order valence-corrected chi connectivity index (χ3v) is 7.34. The number of hydrogen-bond donors (Lipinski definition) is 4. The van der Waals surface area contributed by atoms with E-state index in [0.29, 0.717) is 23.7 Å². The minimum atomic E-state index is 0.0348. The standard InChI is InChI=1S/C23H29N5O/c1-13(14-5-3-2-4-6-14)17-9-16-10-18-20(12-19(16)26-23(17)29)27-28-22(18)15-7-8-25-21(24)11-15/h2-8,11,13,16-20,22,27-28H,9-10,12H2,1H3,(H2,24,25)(H,26,29). The number of piperidine rings is 1. The van der Waals surface area contributed by atoms with E-state index in [1.54, 1.807) is 6.20 Å². The van der Waals surface area contributed by atoms with E-state index in [2.05, 4.69) is 52.3 Å². The number of benzene rings is 1. The van der Waals surface area contributed by atoms with Crippen molar-refractivity contribution < 1.29 is 4.79 Å². The highest BCUT2D eigenvalue weighted by atomic mass is 16.2. The number of carbonyl (C=O) groups is 1. The van der Waals surface area contributed by atoms with Gasteiger partial charge in [0.1, 0.15) is 5.82 Å². The molecular weight excluding hydrogens is 362 g/mol. The second-order valence-electron chi connectivity index (χ2n) is 8.94. The molecule has 0 bridgehead atoms. The van der Waals surface area contributed by atoms with Crippen LogP contribution in [-0.2, 0) is 4.79 Å². The largest absolute Gasteiger partial charge is 0.384 e. The van der Waals surface area contributed by atoms with Crippen LogP contribution in [0.1, 0.15) is 49.3 Å². The van der Waals surface area contributed by atoms with Gasteiger partial charge in [0, 0.05) is 24.2 Å². The van der Waals surface area contributed by atoms with E-state index in [-0.39, 0.29) is 29.8 Å². The van der Waals surface area contributed by atoms with Gasteiger partial charge in [-0.1, -0.05) is 37.3 Å². The smallest absolute Gasteiger partial charge is 0.223 e. The summed E-state index contributed by atoms with van der Waals surface area (Å²) in [5, 5.41) is 3.36. The van der Waals surface area contributed by atoms with Crippen molar-refractivity contribution in [3.05, 3.63) is 59.8 Å². The van der Waals surface area contributed by atoms with Crippen LogP contribution in [0.3, 0.4) is 0 Å². The number of aromatic nitrogens is 1. The lowest BCUT2D eigenvalue weighted by Crippen LogP contribution is -2.56. The maximum Gasteiger partial charge on any atom is 0.223 e. The van der Waals surface area contributed by atoms with E-state index in [0.717, 1.165) is 19.3 Å². The Morgan fingerprint density at radius 2 is 1.90 bits per heavy atom. The van der Waals surface area contributed by atoms with Gasteiger partial charge in [-0.15, -0.1) is 0 Å². The van der Waals surface area contributed by atoms with Crippen LogP contribution in [-0.4, -0.2) is 23.0 Å². The van der Waals surface area contributed by atoms with Crippen LogP contribution in [0.2, 0.25) is 0 Å². The highest BCUT2D eigenvalue weighted by Crippen LogP contribution is 2.45. The van der Waals surface area contributed by atoms with Crippen LogP contribution in [0, 0.1) is 17.8 Å². The number of amides is 1. The number of nitrogen functional groups attached to an aromatic ring is 1. The number of hydrazine groups is 1. The fraction of sp³-hybridized carbons (Fsp3) is 0.478. The number of anilines is 1. The van der Waals surface area contributed by atoms with Gasteiger partial charge < -0.3 is 11.1 Å². The van der Waals surface area contributed by atoms with Crippen molar-refractivity contribution >= 4 is 11.7 Å². The molecule has 1 aromatic carbocycles. The van der Waals surface area contributed by atoms with Gasteiger partial charge in [-0.05, 0) is 60.3 Å². The maximum atomic E-state index is 12.9. The SMILES string of the molecule is CC(c1ccccc1)C1CC2CC3C(CC2NC1=O)NNC3c1ccnc(N)c1. The number of pyridine rings is 1. The number of rotatable bonds is 3. The first-order valence-electron chi connectivity index (χ1n) is 10.7. The first-order chi connectivity index (χ1) is 14.1. The van der Waals surface area contributed by atoms with Crippen molar-refractivity contribution in [1.82, 2.24) is 21.2 Å². The van der Waals surface area contributed by atoms with Crippen LogP contribution in [0.4, 0.5) is 5.82 Å². The topological polar surface area (TPSA) is 92.1 Å². The lowest BCUT2D eigenvalue weighted by Gasteiger charge is -2.45. The molecule has 7 unspecified atom stereocenters. The van der Waals surface area contributed by atoms with Crippen molar-refractivity contribution in [1.29, 1.82) is 0 Å². The summed E-state index contributed by atoms with van der Waals surface area (Å²) >= 11 is 0. The van der Waals surface area contributed by atoms with Crippen LogP contribution < -0.4 is 21.9 Å². The average molecular weight is 392 g/mol. The number of nitrogens with zero attached hydrogens (tertiary/aromatic N) is 1. The molecule has 2 saturated heterocycles. The van der Waals surface area contributed by atoms with Gasteiger partial charge in [0.15, 0.2) is 0 Å². The molecule has 0 spiro atoms. The van der Waals surface area contributed by atoms with Gasteiger partial charge in [-0.3, -0.25) is 10.2 Å². The summed E-state index contributed by atoms with van der Waals surface area (Å²) in [7, 11) is 0. The lowest BCUT2D eigenvalue weighted by molar-refractivity contribution is -0.131. The molecule has 1 aliphatic carbocycles. The minimum absolute atomic E-state index is 0.0348. The highest BCUT2D eigenvalue weighted by molar-refractivity contribution is 5.81. The van der Waals surface area contributed by atoms with E-state index >= 15 is 0 Å². The first kappa shape index (κ1) is 18.6. The molecule has 1 aromatic heterocycles. The Bertz CT molecular complexity index is 888. The number of carbonyl (C=O) groups excluding carboxylic acids is 1. The van der Waals surface area contributed by atoms with Crippen LogP contribution >= 0.6 is 0 Å². The third kappa shape index (κ3) is 3.40. The Hall–Kier alpha value is -2.44. The second kappa shape index (κ2) is 7.43. The molecule has 0 radical (unpaired) electrons. The van der Waals surface area contributed by atoms with Crippen LogP contribution in [0.25, 0.3) is 0 Å². The summed E-state index contributed by atoms with van der Waals surface area (Å²) in [4.78, 5) is 17.0.